The van der Waals surface area contributed by atoms with E-state index in [1.807, 2.05) is 7.05 Å². The second-order valence-electron chi connectivity index (χ2n) is 10.3. The zero-order valence-electron chi connectivity index (χ0n) is 21.2. The van der Waals surface area contributed by atoms with Crippen molar-refractivity contribution < 1.29 is 31.8 Å². The molecule has 0 aliphatic carbocycles. The van der Waals surface area contributed by atoms with Crippen molar-refractivity contribution in [2.45, 2.75) is 51.4 Å². The van der Waals surface area contributed by atoms with Crippen molar-refractivity contribution >= 4 is 38.7 Å². The van der Waals surface area contributed by atoms with Crippen LogP contribution in [0, 0.1) is 5.82 Å². The molecular formula is C24H30BrF4N5O3. The van der Waals surface area contributed by atoms with Gasteiger partial charge in [-0.3, -0.25) is 0 Å². The van der Waals surface area contributed by atoms with Gasteiger partial charge in [-0.2, -0.15) is 23.1 Å². The number of benzene rings is 1. The molecule has 13 heteroatoms. The molecule has 3 heterocycles. The standard InChI is InChI=1S/C24H30BrF4N5O3/c1-23(2,3)37-22(35)34-10-8-33(9-11-34)20-15-12-16(24(27,28)29)17(25)18(26)19(15)30-21(31-20)36-13-14-6-5-7-32(14)4/h12,14H,5-11,13H2,1-4H3/t14-/m0/s1. The summed E-state index contributed by atoms with van der Waals surface area (Å²) in [4.78, 5) is 26.4. The van der Waals surface area contributed by atoms with Gasteiger partial charge in [0.1, 0.15) is 23.5 Å². The van der Waals surface area contributed by atoms with Gasteiger partial charge in [-0.1, -0.05) is 0 Å². The predicted molar refractivity (Wildman–Crippen MR) is 133 cm³/mol. The first kappa shape index (κ1) is 27.6. The minimum Gasteiger partial charge on any atom is -0.462 e. The fourth-order valence-electron chi connectivity index (χ4n) is 4.47. The van der Waals surface area contributed by atoms with Crippen LogP contribution in [-0.2, 0) is 10.9 Å². The lowest BCUT2D eigenvalue weighted by molar-refractivity contribution is -0.138. The van der Waals surface area contributed by atoms with Crippen LogP contribution in [0.4, 0.5) is 28.2 Å². The summed E-state index contributed by atoms with van der Waals surface area (Å²) < 4.78 is 66.8. The Labute approximate surface area is 221 Å². The fourth-order valence-corrected chi connectivity index (χ4v) is 4.99. The minimum absolute atomic E-state index is 0.0796. The molecular weight excluding hydrogens is 562 g/mol. The first-order chi connectivity index (χ1) is 17.2. The molecule has 4 rings (SSSR count). The highest BCUT2D eigenvalue weighted by Gasteiger charge is 2.37. The first-order valence-corrected chi connectivity index (χ1v) is 12.9. The van der Waals surface area contributed by atoms with E-state index < -0.39 is 33.7 Å². The smallest absolute Gasteiger partial charge is 0.417 e. The molecule has 0 N–H and O–H groups in total. The topological polar surface area (TPSA) is 71.0 Å². The van der Waals surface area contributed by atoms with Gasteiger partial charge in [-0.15, -0.1) is 0 Å². The minimum atomic E-state index is -4.79. The van der Waals surface area contributed by atoms with Crippen LogP contribution in [-0.4, -0.2) is 83.9 Å². The number of alkyl halides is 3. The molecule has 0 bridgehead atoms. The second-order valence-corrected chi connectivity index (χ2v) is 11.1. The molecule has 0 unspecified atom stereocenters. The Morgan fingerprint density at radius 1 is 1.14 bits per heavy atom. The molecule has 0 saturated carbocycles. The largest absolute Gasteiger partial charge is 0.462 e. The molecule has 1 aromatic carbocycles. The van der Waals surface area contributed by atoms with Gasteiger partial charge in [-0.25, -0.2) is 9.18 Å². The first-order valence-electron chi connectivity index (χ1n) is 12.1. The van der Waals surface area contributed by atoms with Crippen molar-refractivity contribution in [2.75, 3.05) is 51.3 Å². The molecule has 1 atom stereocenters. The summed E-state index contributed by atoms with van der Waals surface area (Å²) in [5, 5.41) is -0.0796. The number of piperazine rings is 1. The highest BCUT2D eigenvalue weighted by Crippen LogP contribution is 2.41. The lowest BCUT2D eigenvalue weighted by Crippen LogP contribution is -2.50. The summed E-state index contributed by atoms with van der Waals surface area (Å²) in [7, 11) is 1.98. The van der Waals surface area contributed by atoms with Crippen LogP contribution in [0.15, 0.2) is 10.5 Å². The quantitative estimate of drug-likeness (QED) is 0.459. The molecule has 2 aliphatic rings. The van der Waals surface area contributed by atoms with Crippen LogP contribution in [0.3, 0.4) is 0 Å². The maximum absolute atomic E-state index is 15.3. The van der Waals surface area contributed by atoms with E-state index in [9.17, 15) is 18.0 Å². The SMILES string of the molecule is CN1CCC[C@H]1COc1nc(N2CCN(C(=O)OC(C)(C)C)CC2)c2cc(C(F)(F)F)c(Br)c(F)c2n1. The Hall–Kier alpha value is -2.41. The van der Waals surface area contributed by atoms with Crippen LogP contribution in [0.2, 0.25) is 0 Å². The van der Waals surface area contributed by atoms with Crippen molar-refractivity contribution in [1.29, 1.82) is 0 Å². The number of rotatable bonds is 4. The van der Waals surface area contributed by atoms with Gasteiger partial charge in [0.2, 0.25) is 0 Å². The summed E-state index contributed by atoms with van der Waals surface area (Å²) in [6.07, 6.45) is -3.31. The molecule has 8 nitrogen and oxygen atoms in total. The number of hydrogen-bond acceptors (Lipinski definition) is 7. The zero-order chi connectivity index (χ0) is 27.1. The number of halogens is 5. The maximum atomic E-state index is 15.3. The van der Waals surface area contributed by atoms with Crippen LogP contribution < -0.4 is 9.64 Å². The predicted octanol–water partition coefficient (Wildman–Crippen LogP) is 5.08. The van der Waals surface area contributed by atoms with Gasteiger partial charge in [0.25, 0.3) is 0 Å². The molecule has 2 fully saturated rings. The van der Waals surface area contributed by atoms with E-state index in [1.165, 1.54) is 4.90 Å². The van der Waals surface area contributed by atoms with E-state index in [4.69, 9.17) is 9.47 Å². The molecule has 1 amide bonds. The average Bonchev–Trinajstić information content (AvgIpc) is 3.22. The highest BCUT2D eigenvalue weighted by molar-refractivity contribution is 9.10. The summed E-state index contributed by atoms with van der Waals surface area (Å²) in [6, 6.07) is 0.888. The van der Waals surface area contributed by atoms with Crippen LogP contribution in [0.1, 0.15) is 39.2 Å². The van der Waals surface area contributed by atoms with Crippen molar-refractivity contribution in [3.63, 3.8) is 0 Å². The van der Waals surface area contributed by atoms with E-state index in [2.05, 4.69) is 30.8 Å². The van der Waals surface area contributed by atoms with Gasteiger partial charge >= 0.3 is 18.3 Å². The summed E-state index contributed by atoms with van der Waals surface area (Å²) >= 11 is 2.76. The summed E-state index contributed by atoms with van der Waals surface area (Å²) in [6.45, 7) is 7.55. The molecule has 0 radical (unpaired) electrons. The third kappa shape index (κ3) is 6.19. The van der Waals surface area contributed by atoms with Crippen molar-refractivity contribution in [2.24, 2.45) is 0 Å². The number of carbonyl (C=O) groups is 1. The number of hydrogen-bond donors (Lipinski definition) is 0. The van der Waals surface area contributed by atoms with Crippen molar-refractivity contribution in [1.82, 2.24) is 19.8 Å². The third-order valence-electron chi connectivity index (χ3n) is 6.44. The number of nitrogens with zero attached hydrogens (tertiary/aromatic N) is 5. The summed E-state index contributed by atoms with van der Waals surface area (Å²) in [5.41, 5.74) is -2.08. The summed E-state index contributed by atoms with van der Waals surface area (Å²) in [5.74, 6) is -1.01. The highest BCUT2D eigenvalue weighted by atomic mass is 79.9. The lowest BCUT2D eigenvalue weighted by atomic mass is 10.1. The van der Waals surface area contributed by atoms with E-state index in [0.29, 0.717) is 0 Å². The Morgan fingerprint density at radius 3 is 2.38 bits per heavy atom. The Balaban J connectivity index is 1.68. The van der Waals surface area contributed by atoms with Crippen molar-refractivity contribution in [3.05, 3.63) is 21.9 Å². The van der Waals surface area contributed by atoms with E-state index in [0.717, 1.165) is 25.5 Å². The molecule has 37 heavy (non-hydrogen) atoms. The van der Waals surface area contributed by atoms with Gasteiger partial charge in [0.05, 0.1) is 10.0 Å². The normalized spacial score (nSPS) is 19.5. The lowest BCUT2D eigenvalue weighted by Gasteiger charge is -2.36. The van der Waals surface area contributed by atoms with E-state index in [1.54, 1.807) is 25.7 Å². The van der Waals surface area contributed by atoms with Crippen LogP contribution >= 0.6 is 15.9 Å². The van der Waals surface area contributed by atoms with Crippen LogP contribution in [0.5, 0.6) is 6.01 Å². The number of likely N-dealkylation sites (tertiary alicyclic amines) is 1. The second kappa shape index (κ2) is 10.4. The number of aromatic nitrogens is 2. The van der Waals surface area contributed by atoms with Gasteiger partial charge < -0.3 is 24.2 Å². The number of likely N-dealkylation sites (N-methyl/N-ethyl adjacent to an activating group) is 1. The molecule has 2 aromatic rings. The monoisotopic (exact) mass is 591 g/mol. The number of fused-ring (bicyclic) bond motifs is 1. The maximum Gasteiger partial charge on any atom is 0.417 e. The van der Waals surface area contributed by atoms with E-state index >= 15 is 4.39 Å². The Kier molecular flexibility index (Phi) is 7.76. The molecule has 0 spiro atoms. The molecule has 2 saturated heterocycles. The van der Waals surface area contributed by atoms with Gasteiger partial charge in [0, 0.05) is 37.6 Å². The number of amides is 1. The zero-order valence-corrected chi connectivity index (χ0v) is 22.7. The third-order valence-corrected chi connectivity index (χ3v) is 7.22. The molecule has 1 aromatic heterocycles. The number of carbonyl (C=O) groups excluding carboxylic acids is 1. The van der Waals surface area contributed by atoms with Gasteiger partial charge in [-0.05, 0) is 69.2 Å². The van der Waals surface area contributed by atoms with Crippen molar-refractivity contribution in [3.8, 4) is 6.01 Å². The molecule has 2 aliphatic heterocycles. The van der Waals surface area contributed by atoms with Crippen LogP contribution in [0.25, 0.3) is 10.9 Å². The van der Waals surface area contributed by atoms with Gasteiger partial charge in [0.15, 0.2) is 5.82 Å². The average molecular weight is 592 g/mol. The molecule has 204 valence electrons. The fraction of sp³-hybridized carbons (Fsp3) is 0.625. The Bertz CT molecular complexity index is 1170. The Morgan fingerprint density at radius 2 is 1.81 bits per heavy atom. The number of ether oxygens (including phenoxy) is 2. The van der Waals surface area contributed by atoms with E-state index in [-0.39, 0.29) is 61.6 Å². The number of anilines is 1.